The van der Waals surface area contributed by atoms with Crippen LogP contribution in [0.4, 0.5) is 5.69 Å². The van der Waals surface area contributed by atoms with Gasteiger partial charge in [0.1, 0.15) is 5.78 Å². The normalized spacial score (nSPS) is 11.0. The van der Waals surface area contributed by atoms with Gasteiger partial charge in [0.15, 0.2) is 0 Å². The van der Waals surface area contributed by atoms with Gasteiger partial charge in [-0.25, -0.2) is 0 Å². The van der Waals surface area contributed by atoms with Crippen molar-refractivity contribution in [1.29, 1.82) is 0 Å². The zero-order chi connectivity index (χ0) is 18.2. The number of anilines is 1. The Balaban J connectivity index is 1.52. The first kappa shape index (κ1) is 18.2. The first-order valence-corrected chi connectivity index (χ1v) is 9.01. The van der Waals surface area contributed by atoms with E-state index in [-0.39, 0.29) is 12.4 Å². The second-order valence-corrected chi connectivity index (χ2v) is 6.32. The van der Waals surface area contributed by atoms with E-state index in [1.54, 1.807) is 0 Å². The fourth-order valence-electron chi connectivity index (χ4n) is 2.94. The van der Waals surface area contributed by atoms with Crippen molar-refractivity contribution in [1.82, 2.24) is 10.3 Å². The highest BCUT2D eigenvalue weighted by Gasteiger charge is 2.04. The predicted molar refractivity (Wildman–Crippen MR) is 106 cm³/mol. The molecule has 0 aliphatic rings. The number of aromatic nitrogens is 1. The molecule has 0 saturated carbocycles. The first-order valence-electron chi connectivity index (χ1n) is 9.01. The number of carbonyl (C=O) groups excluding carboxylic acids is 1. The van der Waals surface area contributed by atoms with Gasteiger partial charge in [-0.15, -0.1) is 0 Å². The van der Waals surface area contributed by atoms with E-state index in [9.17, 15) is 4.79 Å². The Bertz CT molecular complexity index is 824. The molecule has 0 amide bonds. The number of aromatic amines is 1. The Hall–Kier alpha value is -2.63. The molecule has 4 N–H and O–H groups in total. The van der Waals surface area contributed by atoms with Crippen molar-refractivity contribution < 1.29 is 9.90 Å². The standard InChI is InChI=1S/C21H25N3O2/c25-12-11-22-15-19(26)8-4-10-23-18-7-3-6-16(13-18)21-14-17-5-1-2-9-20(17)24-21/h1-3,5-7,9,13-14,22-25H,4,8,10-12,15H2. The maximum atomic E-state index is 11.7. The molecule has 26 heavy (non-hydrogen) atoms. The van der Waals surface area contributed by atoms with E-state index in [2.05, 4.69) is 45.9 Å². The van der Waals surface area contributed by atoms with Crippen LogP contribution in [0.3, 0.4) is 0 Å². The highest BCUT2D eigenvalue weighted by atomic mass is 16.3. The number of aliphatic hydroxyl groups excluding tert-OH is 1. The van der Waals surface area contributed by atoms with Crippen LogP contribution in [0.15, 0.2) is 54.6 Å². The summed E-state index contributed by atoms with van der Waals surface area (Å²) in [5.74, 6) is 0.173. The predicted octanol–water partition coefficient (Wildman–Crippen LogP) is 3.18. The molecule has 0 aliphatic heterocycles. The smallest absolute Gasteiger partial charge is 0.146 e. The quantitative estimate of drug-likeness (QED) is 0.423. The van der Waals surface area contributed by atoms with E-state index in [4.69, 9.17) is 5.11 Å². The third-order valence-corrected chi connectivity index (χ3v) is 4.28. The third-order valence-electron chi connectivity index (χ3n) is 4.28. The van der Waals surface area contributed by atoms with E-state index in [0.717, 1.165) is 35.4 Å². The number of hydrogen-bond acceptors (Lipinski definition) is 4. The summed E-state index contributed by atoms with van der Waals surface area (Å²) in [5, 5.41) is 16.2. The van der Waals surface area contributed by atoms with Crippen LogP contribution in [-0.2, 0) is 4.79 Å². The number of para-hydroxylation sites is 1. The largest absolute Gasteiger partial charge is 0.395 e. The minimum Gasteiger partial charge on any atom is -0.395 e. The number of hydrogen-bond donors (Lipinski definition) is 4. The Morgan fingerprint density at radius 3 is 2.77 bits per heavy atom. The van der Waals surface area contributed by atoms with Crippen molar-refractivity contribution in [3.8, 4) is 11.3 Å². The van der Waals surface area contributed by atoms with Gasteiger partial charge in [0.2, 0.25) is 0 Å². The van der Waals surface area contributed by atoms with Crippen LogP contribution < -0.4 is 10.6 Å². The second-order valence-electron chi connectivity index (χ2n) is 6.32. The molecule has 0 bridgehead atoms. The topological polar surface area (TPSA) is 77.2 Å². The lowest BCUT2D eigenvalue weighted by Gasteiger charge is -2.08. The van der Waals surface area contributed by atoms with Crippen molar-refractivity contribution in [2.45, 2.75) is 12.8 Å². The molecule has 0 radical (unpaired) electrons. The van der Waals surface area contributed by atoms with Crippen LogP contribution in [0.1, 0.15) is 12.8 Å². The molecule has 5 nitrogen and oxygen atoms in total. The van der Waals surface area contributed by atoms with Gasteiger partial charge in [-0.05, 0) is 36.2 Å². The Morgan fingerprint density at radius 1 is 1.04 bits per heavy atom. The van der Waals surface area contributed by atoms with Gasteiger partial charge in [0.05, 0.1) is 13.2 Å². The molecule has 0 spiro atoms. The Kier molecular flexibility index (Phi) is 6.41. The number of ketones is 1. The van der Waals surface area contributed by atoms with Crippen LogP contribution in [0, 0.1) is 0 Å². The van der Waals surface area contributed by atoms with E-state index >= 15 is 0 Å². The van der Waals surface area contributed by atoms with Crippen molar-refractivity contribution in [3.63, 3.8) is 0 Å². The number of Topliss-reactive ketones (excluding diaryl/α,β-unsaturated/α-hetero) is 1. The Labute approximate surface area is 153 Å². The summed E-state index contributed by atoms with van der Waals surface area (Å²) in [6.07, 6.45) is 1.32. The third kappa shape index (κ3) is 4.94. The highest BCUT2D eigenvalue weighted by molar-refractivity contribution is 5.86. The van der Waals surface area contributed by atoms with Gasteiger partial charge in [-0.2, -0.15) is 0 Å². The minimum atomic E-state index is 0.0571. The monoisotopic (exact) mass is 351 g/mol. The summed E-state index contributed by atoms with van der Waals surface area (Å²) in [5.41, 5.74) is 4.41. The maximum absolute atomic E-state index is 11.7. The fourth-order valence-corrected chi connectivity index (χ4v) is 2.94. The van der Waals surface area contributed by atoms with Gasteiger partial charge in [-0.1, -0.05) is 30.3 Å². The molecule has 3 rings (SSSR count). The zero-order valence-electron chi connectivity index (χ0n) is 14.8. The second kappa shape index (κ2) is 9.17. The lowest BCUT2D eigenvalue weighted by Crippen LogP contribution is -2.25. The van der Waals surface area contributed by atoms with Crippen LogP contribution in [0.5, 0.6) is 0 Å². The van der Waals surface area contributed by atoms with Crippen LogP contribution >= 0.6 is 0 Å². The van der Waals surface area contributed by atoms with E-state index in [1.165, 1.54) is 5.39 Å². The van der Waals surface area contributed by atoms with Crippen molar-refractivity contribution in [3.05, 3.63) is 54.6 Å². The summed E-state index contributed by atoms with van der Waals surface area (Å²) < 4.78 is 0. The number of carbonyl (C=O) groups is 1. The van der Waals surface area contributed by atoms with Crippen molar-refractivity contribution in [2.75, 3.05) is 31.6 Å². The summed E-state index contributed by atoms with van der Waals surface area (Å²) in [6.45, 7) is 1.60. The lowest BCUT2D eigenvalue weighted by atomic mass is 10.1. The molecule has 0 saturated heterocycles. The number of rotatable bonds is 10. The molecule has 0 atom stereocenters. The molecule has 0 fully saturated rings. The summed E-state index contributed by atoms with van der Waals surface area (Å²) >= 11 is 0. The SMILES string of the molecule is O=C(CCCNc1cccc(-c2cc3ccccc3[nH]2)c1)CNCCO. The summed E-state index contributed by atoms with van der Waals surface area (Å²) in [7, 11) is 0. The minimum absolute atomic E-state index is 0.0571. The molecule has 0 unspecified atom stereocenters. The van der Waals surface area contributed by atoms with Gasteiger partial charge in [0, 0.05) is 41.8 Å². The number of H-pyrrole nitrogens is 1. The lowest BCUT2D eigenvalue weighted by molar-refractivity contribution is -0.118. The maximum Gasteiger partial charge on any atom is 0.146 e. The first-order chi connectivity index (χ1) is 12.8. The summed E-state index contributed by atoms with van der Waals surface area (Å²) in [4.78, 5) is 15.1. The molecule has 0 aliphatic carbocycles. The number of benzene rings is 2. The highest BCUT2D eigenvalue weighted by Crippen LogP contribution is 2.26. The molecule has 1 aromatic heterocycles. The molecule has 1 heterocycles. The van der Waals surface area contributed by atoms with E-state index in [1.807, 2.05) is 24.3 Å². The molecule has 136 valence electrons. The Morgan fingerprint density at radius 2 is 1.92 bits per heavy atom. The number of fused-ring (bicyclic) bond motifs is 1. The van der Waals surface area contributed by atoms with Crippen LogP contribution in [0.2, 0.25) is 0 Å². The molecule has 3 aromatic rings. The number of aliphatic hydroxyl groups is 1. The van der Waals surface area contributed by atoms with Gasteiger partial charge < -0.3 is 20.7 Å². The summed E-state index contributed by atoms with van der Waals surface area (Å²) in [6, 6.07) is 18.7. The average molecular weight is 351 g/mol. The molecule has 5 heteroatoms. The molecule has 2 aromatic carbocycles. The number of nitrogens with one attached hydrogen (secondary N) is 3. The van der Waals surface area contributed by atoms with E-state index in [0.29, 0.717) is 19.5 Å². The van der Waals surface area contributed by atoms with Gasteiger partial charge in [0.25, 0.3) is 0 Å². The average Bonchev–Trinajstić information content (AvgIpc) is 3.10. The van der Waals surface area contributed by atoms with Gasteiger partial charge in [-0.3, -0.25) is 4.79 Å². The molecular weight excluding hydrogens is 326 g/mol. The van der Waals surface area contributed by atoms with Crippen molar-refractivity contribution >= 4 is 22.4 Å². The van der Waals surface area contributed by atoms with Crippen molar-refractivity contribution in [2.24, 2.45) is 0 Å². The zero-order valence-corrected chi connectivity index (χ0v) is 14.8. The van der Waals surface area contributed by atoms with Crippen LogP contribution in [-0.4, -0.2) is 42.1 Å². The van der Waals surface area contributed by atoms with Crippen LogP contribution in [0.25, 0.3) is 22.2 Å². The van der Waals surface area contributed by atoms with Gasteiger partial charge >= 0.3 is 0 Å². The molecular formula is C21H25N3O2. The van der Waals surface area contributed by atoms with E-state index < -0.39 is 0 Å². The fraction of sp³-hybridized carbons (Fsp3) is 0.286.